The molecular weight excluding hydrogens is 440 g/mol. The second kappa shape index (κ2) is 9.53. The monoisotopic (exact) mass is 474 g/mol. The molecule has 3 heterocycles. The highest BCUT2D eigenvalue weighted by molar-refractivity contribution is 5.78. The number of nitrogens with zero attached hydrogens (tertiary/aromatic N) is 4. The number of pyridine rings is 1. The molecular formula is C28H34N4O3. The van der Waals surface area contributed by atoms with E-state index in [1.165, 1.54) is 0 Å². The van der Waals surface area contributed by atoms with Gasteiger partial charge in [0.2, 0.25) is 0 Å². The zero-order valence-electron chi connectivity index (χ0n) is 20.6. The van der Waals surface area contributed by atoms with Crippen molar-refractivity contribution < 1.29 is 15.0 Å². The number of carbonyl (C=O) groups is 1. The summed E-state index contributed by atoms with van der Waals surface area (Å²) in [5.74, 6) is -0.220. The zero-order valence-corrected chi connectivity index (χ0v) is 20.6. The van der Waals surface area contributed by atoms with Gasteiger partial charge < -0.3 is 15.1 Å². The first-order chi connectivity index (χ1) is 16.8. The van der Waals surface area contributed by atoms with Crippen molar-refractivity contribution in [1.82, 2.24) is 19.9 Å². The molecule has 2 N–H and O–H groups in total. The van der Waals surface area contributed by atoms with Crippen molar-refractivity contribution in [3.8, 4) is 17.0 Å². The summed E-state index contributed by atoms with van der Waals surface area (Å²) in [5.41, 5.74) is 4.98. The number of aryl methyl sites for hydroxylation is 2. The lowest BCUT2D eigenvalue weighted by Gasteiger charge is -2.40. The van der Waals surface area contributed by atoms with E-state index in [4.69, 9.17) is 9.97 Å². The average Bonchev–Trinajstić information content (AvgIpc) is 2.83. The molecule has 1 saturated carbocycles. The topological polar surface area (TPSA) is 99.4 Å². The van der Waals surface area contributed by atoms with E-state index in [-0.39, 0.29) is 11.7 Å². The number of phenolic OH excluding ortho intramolecular Hbond substituents is 1. The minimum atomic E-state index is -0.642. The predicted molar refractivity (Wildman–Crippen MR) is 135 cm³/mol. The first kappa shape index (κ1) is 23.7. The molecule has 184 valence electrons. The third-order valence-corrected chi connectivity index (χ3v) is 7.86. The van der Waals surface area contributed by atoms with E-state index < -0.39 is 11.4 Å². The fourth-order valence-corrected chi connectivity index (χ4v) is 6.06. The van der Waals surface area contributed by atoms with Crippen LogP contribution < -0.4 is 0 Å². The molecule has 0 bridgehead atoms. The Bertz CT molecular complexity index is 1230. The highest BCUT2D eigenvalue weighted by Gasteiger charge is 2.41. The number of likely N-dealkylation sites (tertiary alicyclic amines) is 1. The summed E-state index contributed by atoms with van der Waals surface area (Å²) in [4.78, 5) is 28.8. The number of hydrogen-bond acceptors (Lipinski definition) is 6. The van der Waals surface area contributed by atoms with Crippen LogP contribution in [-0.4, -0.2) is 55.7 Å². The van der Waals surface area contributed by atoms with Crippen molar-refractivity contribution >= 4 is 17.1 Å². The summed E-state index contributed by atoms with van der Waals surface area (Å²) >= 11 is 0. The maximum Gasteiger partial charge on any atom is 0.310 e. The molecule has 0 spiro atoms. The Hall–Kier alpha value is -3.06. The van der Waals surface area contributed by atoms with Gasteiger partial charge >= 0.3 is 5.97 Å². The largest absolute Gasteiger partial charge is 0.507 e. The number of aromatic hydroxyl groups is 1. The van der Waals surface area contributed by atoms with Crippen LogP contribution in [0.15, 0.2) is 30.5 Å². The van der Waals surface area contributed by atoms with Crippen molar-refractivity contribution in [2.45, 2.75) is 64.7 Å². The SMILES string of the molecule is Cc1cc(C)c(-c2ccc3ncc(C4CCCN(CC5(C(=O)O)CCCCC5)C4)nc3n2)c(O)c1. The Morgan fingerprint density at radius 2 is 1.91 bits per heavy atom. The Labute approximate surface area is 206 Å². The van der Waals surface area contributed by atoms with Gasteiger partial charge in [-0.25, -0.2) is 9.97 Å². The number of carboxylic acid groups (broad SMARTS) is 1. The van der Waals surface area contributed by atoms with E-state index in [1.54, 1.807) is 6.07 Å². The van der Waals surface area contributed by atoms with Gasteiger partial charge in [-0.3, -0.25) is 9.78 Å². The van der Waals surface area contributed by atoms with Gasteiger partial charge in [0.05, 0.1) is 16.8 Å². The Morgan fingerprint density at radius 1 is 1.11 bits per heavy atom. The highest BCUT2D eigenvalue weighted by atomic mass is 16.4. The Balaban J connectivity index is 1.40. The number of phenols is 1. The average molecular weight is 475 g/mol. The van der Waals surface area contributed by atoms with Gasteiger partial charge in [0.1, 0.15) is 11.3 Å². The van der Waals surface area contributed by atoms with Crippen molar-refractivity contribution in [2.24, 2.45) is 5.41 Å². The number of aromatic nitrogens is 3. The molecule has 1 aromatic carbocycles. The third kappa shape index (κ3) is 4.74. The van der Waals surface area contributed by atoms with Crippen LogP contribution in [-0.2, 0) is 4.79 Å². The van der Waals surface area contributed by atoms with Gasteiger partial charge in [0, 0.05) is 30.8 Å². The zero-order chi connectivity index (χ0) is 24.6. The van der Waals surface area contributed by atoms with Crippen LogP contribution in [0.1, 0.15) is 67.7 Å². The van der Waals surface area contributed by atoms with Gasteiger partial charge in [0.15, 0.2) is 5.65 Å². The number of hydrogen-bond donors (Lipinski definition) is 2. The maximum atomic E-state index is 12.2. The summed E-state index contributed by atoms with van der Waals surface area (Å²) in [5, 5.41) is 20.6. The minimum absolute atomic E-state index is 0.204. The smallest absolute Gasteiger partial charge is 0.310 e. The summed E-state index contributed by atoms with van der Waals surface area (Å²) in [6, 6.07) is 7.57. The van der Waals surface area contributed by atoms with Gasteiger partial charge in [-0.05, 0) is 75.4 Å². The van der Waals surface area contributed by atoms with Crippen LogP contribution >= 0.6 is 0 Å². The van der Waals surface area contributed by atoms with E-state index in [1.807, 2.05) is 38.2 Å². The van der Waals surface area contributed by atoms with Crippen LogP contribution in [0.4, 0.5) is 0 Å². The first-order valence-corrected chi connectivity index (χ1v) is 12.7. The third-order valence-electron chi connectivity index (χ3n) is 7.86. The van der Waals surface area contributed by atoms with Gasteiger partial charge in [-0.1, -0.05) is 25.3 Å². The number of piperidine rings is 1. The second-order valence-corrected chi connectivity index (χ2v) is 10.5. The number of benzene rings is 1. The highest BCUT2D eigenvalue weighted by Crippen LogP contribution is 2.39. The minimum Gasteiger partial charge on any atom is -0.507 e. The molecule has 1 atom stereocenters. The van der Waals surface area contributed by atoms with Gasteiger partial charge in [0.25, 0.3) is 0 Å². The summed E-state index contributed by atoms with van der Waals surface area (Å²) < 4.78 is 0. The van der Waals surface area contributed by atoms with Crippen LogP contribution in [0.5, 0.6) is 5.75 Å². The van der Waals surface area contributed by atoms with Gasteiger partial charge in [-0.15, -0.1) is 0 Å². The fraction of sp³-hybridized carbons (Fsp3) is 0.500. The maximum absolute atomic E-state index is 12.2. The van der Waals surface area contributed by atoms with E-state index >= 15 is 0 Å². The molecule has 35 heavy (non-hydrogen) atoms. The molecule has 7 nitrogen and oxygen atoms in total. The number of aliphatic carboxylic acids is 1. The number of fused-ring (bicyclic) bond motifs is 1. The molecule has 3 aromatic rings. The molecule has 2 aromatic heterocycles. The van der Waals surface area contributed by atoms with Crippen molar-refractivity contribution in [1.29, 1.82) is 0 Å². The fourth-order valence-electron chi connectivity index (χ4n) is 6.06. The molecule has 1 aliphatic heterocycles. The van der Waals surface area contributed by atoms with Crippen molar-refractivity contribution in [2.75, 3.05) is 19.6 Å². The van der Waals surface area contributed by atoms with Crippen LogP contribution in [0.3, 0.4) is 0 Å². The summed E-state index contributed by atoms with van der Waals surface area (Å²) in [6.45, 7) is 6.28. The van der Waals surface area contributed by atoms with Crippen LogP contribution in [0.2, 0.25) is 0 Å². The normalized spacial score (nSPS) is 20.7. The molecule has 7 heteroatoms. The molecule has 5 rings (SSSR count). The number of carboxylic acids is 1. The van der Waals surface area contributed by atoms with Crippen molar-refractivity contribution in [3.63, 3.8) is 0 Å². The second-order valence-electron chi connectivity index (χ2n) is 10.5. The summed E-state index contributed by atoms with van der Waals surface area (Å²) in [7, 11) is 0. The van der Waals surface area contributed by atoms with E-state index in [0.29, 0.717) is 17.9 Å². The van der Waals surface area contributed by atoms with E-state index in [9.17, 15) is 15.0 Å². The number of rotatable bonds is 5. The molecule has 1 unspecified atom stereocenters. The Morgan fingerprint density at radius 3 is 2.66 bits per heavy atom. The first-order valence-electron chi connectivity index (χ1n) is 12.7. The van der Waals surface area contributed by atoms with Crippen LogP contribution in [0.25, 0.3) is 22.4 Å². The molecule has 2 aliphatic rings. The van der Waals surface area contributed by atoms with E-state index in [0.717, 1.165) is 85.9 Å². The molecule has 0 amide bonds. The molecule has 2 fully saturated rings. The lowest BCUT2D eigenvalue weighted by Crippen LogP contribution is -2.47. The lowest BCUT2D eigenvalue weighted by atomic mass is 9.73. The lowest BCUT2D eigenvalue weighted by molar-refractivity contribution is -0.152. The van der Waals surface area contributed by atoms with Gasteiger partial charge in [-0.2, -0.15) is 0 Å². The van der Waals surface area contributed by atoms with E-state index in [2.05, 4.69) is 9.88 Å². The summed E-state index contributed by atoms with van der Waals surface area (Å²) in [6.07, 6.45) is 8.57. The van der Waals surface area contributed by atoms with Crippen molar-refractivity contribution in [3.05, 3.63) is 47.3 Å². The predicted octanol–water partition coefficient (Wildman–Crippen LogP) is 5.23. The Kier molecular flexibility index (Phi) is 6.45. The molecule has 1 saturated heterocycles. The standard InChI is InChI=1S/C28H34N4O3/c1-18-13-19(2)25(24(33)14-18)21-8-9-22-26(30-21)31-23(15-29-22)20-7-6-12-32(16-20)17-28(27(34)35)10-4-3-5-11-28/h8-9,13-15,20,33H,3-7,10-12,16-17H2,1-2H3,(H,34,35). The molecule has 1 aliphatic carbocycles. The quantitative estimate of drug-likeness (QED) is 0.522. The van der Waals surface area contributed by atoms with Crippen LogP contribution in [0, 0.1) is 19.3 Å². The molecule has 0 radical (unpaired) electrons.